The number of hydrogen-bond donors (Lipinski definition) is 0. The lowest BCUT2D eigenvalue weighted by molar-refractivity contribution is 0.0789. The second kappa shape index (κ2) is 5.89. The van der Waals surface area contributed by atoms with Gasteiger partial charge in [-0.05, 0) is 30.2 Å². The monoisotopic (exact) mass is 313 g/mol. The van der Waals surface area contributed by atoms with Crippen molar-refractivity contribution >= 4 is 27.3 Å². The van der Waals surface area contributed by atoms with Crippen molar-refractivity contribution in [2.75, 3.05) is 7.05 Å². The van der Waals surface area contributed by atoms with Crippen molar-refractivity contribution in [3.8, 4) is 0 Å². The largest absolute Gasteiger partial charge is 0.337 e. The second-order valence-electron chi connectivity index (χ2n) is 5.32. The minimum atomic E-state index is -0.268. The molecule has 0 spiro atoms. The van der Waals surface area contributed by atoms with E-state index in [1.807, 2.05) is 43.3 Å². The van der Waals surface area contributed by atoms with E-state index in [2.05, 4.69) is 0 Å². The molecule has 2 aromatic carbocycles. The van der Waals surface area contributed by atoms with Crippen molar-refractivity contribution in [2.24, 2.45) is 0 Å². The number of aryl methyl sites for hydroxylation is 1. The fourth-order valence-electron chi connectivity index (χ4n) is 2.56. The highest BCUT2D eigenvalue weighted by atomic mass is 32.1. The molecule has 0 atom stereocenters. The van der Waals surface area contributed by atoms with Crippen LogP contribution in [0.5, 0.6) is 0 Å². The average molecular weight is 313 g/mol. The lowest BCUT2D eigenvalue weighted by atomic mass is 10.1. The molecule has 0 N–H and O–H groups in total. The highest BCUT2D eigenvalue weighted by molar-refractivity contribution is 7.21. The van der Waals surface area contributed by atoms with Crippen LogP contribution in [0.2, 0.25) is 0 Å². The van der Waals surface area contributed by atoms with Crippen molar-refractivity contribution in [3.63, 3.8) is 0 Å². The normalized spacial score (nSPS) is 10.9. The van der Waals surface area contributed by atoms with Gasteiger partial charge in [0.1, 0.15) is 5.82 Å². The Bertz CT molecular complexity index is 826. The van der Waals surface area contributed by atoms with Gasteiger partial charge in [-0.15, -0.1) is 11.3 Å². The number of hydrogen-bond acceptors (Lipinski definition) is 2. The average Bonchev–Trinajstić information content (AvgIpc) is 2.86. The minimum Gasteiger partial charge on any atom is -0.337 e. The maximum Gasteiger partial charge on any atom is 0.264 e. The third-order valence-corrected chi connectivity index (χ3v) is 4.95. The standard InChI is InChI=1S/C18H16FNOS/c1-12-16-14(19)9-6-10-15(16)22-17(12)18(21)20(2)11-13-7-4-3-5-8-13/h3-10H,11H2,1-2H3. The molecule has 2 nitrogen and oxygen atoms in total. The number of halogens is 1. The molecule has 0 bridgehead atoms. The molecule has 0 fully saturated rings. The van der Waals surface area contributed by atoms with Crippen molar-refractivity contribution in [3.05, 3.63) is 70.4 Å². The molecule has 1 aromatic heterocycles. The van der Waals surface area contributed by atoms with Crippen LogP contribution in [-0.2, 0) is 6.54 Å². The van der Waals surface area contributed by atoms with Gasteiger partial charge >= 0.3 is 0 Å². The van der Waals surface area contributed by atoms with Gasteiger partial charge in [0.05, 0.1) is 4.88 Å². The summed E-state index contributed by atoms with van der Waals surface area (Å²) in [5, 5.41) is 0.559. The molecule has 0 aliphatic carbocycles. The number of benzene rings is 2. The predicted octanol–water partition coefficient (Wildman–Crippen LogP) is 4.62. The fraction of sp³-hybridized carbons (Fsp3) is 0.167. The Morgan fingerprint density at radius 3 is 2.55 bits per heavy atom. The Balaban J connectivity index is 1.92. The molecule has 3 rings (SSSR count). The Morgan fingerprint density at radius 2 is 1.86 bits per heavy atom. The van der Waals surface area contributed by atoms with E-state index in [0.717, 1.165) is 15.8 Å². The van der Waals surface area contributed by atoms with Crippen molar-refractivity contribution in [1.82, 2.24) is 4.90 Å². The van der Waals surface area contributed by atoms with Crippen LogP contribution in [0, 0.1) is 12.7 Å². The summed E-state index contributed by atoms with van der Waals surface area (Å²) in [6.07, 6.45) is 0. The van der Waals surface area contributed by atoms with Gasteiger partial charge in [0.15, 0.2) is 0 Å². The van der Waals surface area contributed by atoms with Gasteiger partial charge < -0.3 is 4.90 Å². The highest BCUT2D eigenvalue weighted by Gasteiger charge is 2.20. The van der Waals surface area contributed by atoms with Crippen LogP contribution in [-0.4, -0.2) is 17.9 Å². The maximum atomic E-state index is 14.0. The quantitative estimate of drug-likeness (QED) is 0.691. The van der Waals surface area contributed by atoms with Gasteiger partial charge in [-0.1, -0.05) is 36.4 Å². The van der Waals surface area contributed by atoms with E-state index in [-0.39, 0.29) is 11.7 Å². The summed E-state index contributed by atoms with van der Waals surface area (Å²) in [4.78, 5) is 14.9. The van der Waals surface area contributed by atoms with E-state index in [1.54, 1.807) is 18.0 Å². The molecule has 0 aliphatic heterocycles. The molecule has 3 aromatic rings. The van der Waals surface area contributed by atoms with E-state index in [9.17, 15) is 9.18 Å². The van der Waals surface area contributed by atoms with Crippen LogP contribution >= 0.6 is 11.3 Å². The van der Waals surface area contributed by atoms with Crippen molar-refractivity contribution in [1.29, 1.82) is 0 Å². The first kappa shape index (κ1) is 14.7. The number of amides is 1. The molecule has 112 valence electrons. The minimum absolute atomic E-state index is 0.0676. The number of carbonyl (C=O) groups excluding carboxylic acids is 1. The first-order valence-corrected chi connectivity index (χ1v) is 7.86. The molecule has 0 aliphatic rings. The lowest BCUT2D eigenvalue weighted by Gasteiger charge is -2.16. The van der Waals surface area contributed by atoms with Gasteiger partial charge in [-0.3, -0.25) is 4.79 Å². The van der Waals surface area contributed by atoms with E-state index < -0.39 is 0 Å². The zero-order valence-electron chi connectivity index (χ0n) is 12.5. The van der Waals surface area contributed by atoms with Crippen LogP contribution in [0.1, 0.15) is 20.8 Å². The summed E-state index contributed by atoms with van der Waals surface area (Å²) < 4.78 is 14.8. The summed E-state index contributed by atoms with van der Waals surface area (Å²) in [5.74, 6) is -0.335. The fourth-order valence-corrected chi connectivity index (χ4v) is 3.78. The topological polar surface area (TPSA) is 20.3 Å². The Morgan fingerprint density at radius 1 is 1.14 bits per heavy atom. The van der Waals surface area contributed by atoms with Crippen LogP contribution in [0.25, 0.3) is 10.1 Å². The Hall–Kier alpha value is -2.20. The first-order chi connectivity index (χ1) is 10.6. The zero-order valence-corrected chi connectivity index (χ0v) is 13.3. The molecule has 0 saturated heterocycles. The third-order valence-electron chi connectivity index (χ3n) is 3.71. The molecule has 1 heterocycles. The maximum absolute atomic E-state index is 14.0. The van der Waals surface area contributed by atoms with E-state index >= 15 is 0 Å². The highest BCUT2D eigenvalue weighted by Crippen LogP contribution is 2.33. The van der Waals surface area contributed by atoms with Crippen LogP contribution < -0.4 is 0 Å². The lowest BCUT2D eigenvalue weighted by Crippen LogP contribution is -2.25. The molecule has 1 amide bonds. The van der Waals surface area contributed by atoms with Gasteiger partial charge in [0.25, 0.3) is 5.91 Å². The number of fused-ring (bicyclic) bond motifs is 1. The zero-order chi connectivity index (χ0) is 15.7. The van der Waals surface area contributed by atoms with E-state index in [4.69, 9.17) is 0 Å². The predicted molar refractivity (Wildman–Crippen MR) is 88.8 cm³/mol. The molecule has 0 saturated carbocycles. The number of nitrogens with zero attached hydrogens (tertiary/aromatic N) is 1. The molecule has 4 heteroatoms. The number of carbonyl (C=O) groups is 1. The van der Waals surface area contributed by atoms with E-state index in [1.165, 1.54) is 17.4 Å². The third kappa shape index (κ3) is 2.62. The van der Waals surface area contributed by atoms with Crippen LogP contribution in [0.3, 0.4) is 0 Å². The molecule has 0 unspecified atom stereocenters. The SMILES string of the molecule is Cc1c(C(=O)N(C)Cc2ccccc2)sc2cccc(F)c12. The van der Waals surface area contributed by atoms with Crippen molar-refractivity contribution < 1.29 is 9.18 Å². The summed E-state index contributed by atoms with van der Waals surface area (Å²) in [5.41, 5.74) is 1.80. The van der Waals surface area contributed by atoms with Gasteiger partial charge in [-0.25, -0.2) is 4.39 Å². The summed E-state index contributed by atoms with van der Waals surface area (Å²) in [7, 11) is 1.77. The molecule has 22 heavy (non-hydrogen) atoms. The summed E-state index contributed by atoms with van der Waals surface area (Å²) in [6.45, 7) is 2.35. The summed E-state index contributed by atoms with van der Waals surface area (Å²) >= 11 is 1.35. The van der Waals surface area contributed by atoms with E-state index in [0.29, 0.717) is 16.8 Å². The van der Waals surface area contributed by atoms with Crippen LogP contribution in [0.15, 0.2) is 48.5 Å². The summed E-state index contributed by atoms with van der Waals surface area (Å²) in [6, 6.07) is 14.8. The van der Waals surface area contributed by atoms with Crippen LogP contribution in [0.4, 0.5) is 4.39 Å². The second-order valence-corrected chi connectivity index (χ2v) is 6.37. The number of thiophene rings is 1. The smallest absolute Gasteiger partial charge is 0.264 e. The molecular formula is C18H16FNOS. The molecular weight excluding hydrogens is 297 g/mol. The van der Waals surface area contributed by atoms with Gasteiger partial charge in [0, 0.05) is 23.7 Å². The van der Waals surface area contributed by atoms with Gasteiger partial charge in [0.2, 0.25) is 0 Å². The Kier molecular flexibility index (Phi) is 3.94. The van der Waals surface area contributed by atoms with Crippen molar-refractivity contribution in [2.45, 2.75) is 13.5 Å². The van der Waals surface area contributed by atoms with Gasteiger partial charge in [-0.2, -0.15) is 0 Å². The Labute approximate surface area is 132 Å². The first-order valence-electron chi connectivity index (χ1n) is 7.05. The number of rotatable bonds is 3. The molecule has 0 radical (unpaired) electrons.